The summed E-state index contributed by atoms with van der Waals surface area (Å²) in [5.74, 6) is 0.718. The van der Waals surface area contributed by atoms with E-state index in [1.165, 1.54) is 32.1 Å². The molecule has 1 aliphatic heterocycles. The highest BCUT2D eigenvalue weighted by Crippen LogP contribution is 2.29. The Morgan fingerprint density at radius 3 is 2.25 bits per heavy atom. The molecule has 0 amide bonds. The van der Waals surface area contributed by atoms with Gasteiger partial charge in [0, 0.05) is 17.3 Å². The lowest BCUT2D eigenvalue weighted by molar-refractivity contribution is -0.135. The van der Waals surface area contributed by atoms with Crippen molar-refractivity contribution in [1.82, 2.24) is 15.0 Å². The lowest BCUT2D eigenvalue weighted by Gasteiger charge is -2.07. The third-order valence-corrected chi connectivity index (χ3v) is 6.19. The number of nitrogens with zero attached hydrogens (tertiary/aromatic N) is 3. The van der Waals surface area contributed by atoms with Crippen molar-refractivity contribution in [3.8, 4) is 34.1 Å². The first-order valence-electron chi connectivity index (χ1n) is 13.1. The number of ether oxygens (including phenoxy) is 3. The van der Waals surface area contributed by atoms with Gasteiger partial charge >= 0.3 is 5.97 Å². The first-order valence-corrected chi connectivity index (χ1v) is 13.1. The van der Waals surface area contributed by atoms with E-state index in [2.05, 4.69) is 28.8 Å². The Bertz CT molecular complexity index is 1090. The van der Waals surface area contributed by atoms with Gasteiger partial charge in [-0.1, -0.05) is 52.4 Å². The molecule has 2 aromatic heterocycles. The second kappa shape index (κ2) is 13.1. The molecule has 0 spiro atoms. The fourth-order valence-electron chi connectivity index (χ4n) is 4.04. The molecule has 1 aliphatic rings. The van der Waals surface area contributed by atoms with Gasteiger partial charge in [-0.25, -0.2) is 14.8 Å². The summed E-state index contributed by atoms with van der Waals surface area (Å²) in [6, 6.07) is 11.2. The van der Waals surface area contributed by atoms with Crippen LogP contribution in [0.15, 0.2) is 55.0 Å². The number of unbranched alkanes of at least 4 members (excludes halogenated alkanes) is 5. The number of hydrogen-bond donors (Lipinski definition) is 0. The van der Waals surface area contributed by atoms with Gasteiger partial charge in [0.15, 0.2) is 6.10 Å². The predicted octanol–water partition coefficient (Wildman–Crippen LogP) is 6.42. The average molecular weight is 490 g/mol. The molecule has 1 fully saturated rings. The quantitative estimate of drug-likeness (QED) is 0.112. The van der Waals surface area contributed by atoms with Crippen molar-refractivity contribution in [3.05, 3.63) is 55.0 Å². The van der Waals surface area contributed by atoms with Gasteiger partial charge in [-0.15, -0.1) is 0 Å². The molecule has 1 aromatic carbocycles. The standard InChI is InChI=1S/C29H35N3O4/c1-3-5-6-7-8-9-17-34-27-20-31-25(19-32-27)22-13-16-24(30-18-22)21-11-14-23(15-12-21)35-29(33)28-26(36-28)10-4-2/h11-16,18-20,26,28H,3-10,17H2,1-2H3/t26-,28-/m1/s1. The highest BCUT2D eigenvalue weighted by Gasteiger charge is 2.45. The minimum Gasteiger partial charge on any atom is -0.477 e. The lowest BCUT2D eigenvalue weighted by Crippen LogP contribution is -2.17. The zero-order valence-corrected chi connectivity index (χ0v) is 21.2. The van der Waals surface area contributed by atoms with E-state index >= 15 is 0 Å². The second-order valence-corrected chi connectivity index (χ2v) is 9.12. The fourth-order valence-corrected chi connectivity index (χ4v) is 4.04. The Morgan fingerprint density at radius 2 is 1.56 bits per heavy atom. The second-order valence-electron chi connectivity index (χ2n) is 9.12. The first kappa shape index (κ1) is 25.8. The summed E-state index contributed by atoms with van der Waals surface area (Å²) in [7, 11) is 0. The normalized spacial score (nSPS) is 16.5. The molecule has 7 heteroatoms. The van der Waals surface area contributed by atoms with Crippen LogP contribution in [0.25, 0.3) is 22.5 Å². The van der Waals surface area contributed by atoms with Crippen molar-refractivity contribution in [1.29, 1.82) is 0 Å². The number of carbonyl (C=O) groups excluding carboxylic acids is 1. The Kier molecular flexibility index (Phi) is 9.39. The third kappa shape index (κ3) is 7.34. The molecule has 0 aliphatic carbocycles. The third-order valence-electron chi connectivity index (χ3n) is 6.19. The van der Waals surface area contributed by atoms with Gasteiger partial charge in [-0.05, 0) is 49.2 Å². The minimum absolute atomic E-state index is 0.00279. The average Bonchev–Trinajstić information content (AvgIpc) is 3.69. The van der Waals surface area contributed by atoms with Gasteiger partial charge < -0.3 is 14.2 Å². The van der Waals surface area contributed by atoms with E-state index in [0.29, 0.717) is 18.2 Å². The van der Waals surface area contributed by atoms with Crippen LogP contribution in [0.2, 0.25) is 0 Å². The van der Waals surface area contributed by atoms with Crippen molar-refractivity contribution in [2.24, 2.45) is 0 Å². The summed E-state index contributed by atoms with van der Waals surface area (Å²) in [6.07, 6.45) is 14.0. The van der Waals surface area contributed by atoms with Crippen molar-refractivity contribution in [3.63, 3.8) is 0 Å². The number of pyridine rings is 1. The van der Waals surface area contributed by atoms with Gasteiger partial charge in [-0.2, -0.15) is 0 Å². The van der Waals surface area contributed by atoms with Crippen molar-refractivity contribution < 1.29 is 19.0 Å². The Balaban J connectivity index is 1.25. The van der Waals surface area contributed by atoms with Crippen LogP contribution in [0.3, 0.4) is 0 Å². The summed E-state index contributed by atoms with van der Waals surface area (Å²) in [5.41, 5.74) is 3.37. The van der Waals surface area contributed by atoms with Crippen LogP contribution in [0.5, 0.6) is 11.6 Å². The van der Waals surface area contributed by atoms with Gasteiger partial charge in [0.05, 0.1) is 36.5 Å². The van der Waals surface area contributed by atoms with Crippen molar-refractivity contribution in [2.45, 2.75) is 77.4 Å². The molecule has 0 unspecified atom stereocenters. The summed E-state index contributed by atoms with van der Waals surface area (Å²) in [4.78, 5) is 25.6. The number of esters is 1. The number of rotatable bonds is 14. The maximum Gasteiger partial charge on any atom is 0.343 e. The van der Waals surface area contributed by atoms with Gasteiger partial charge in [0.1, 0.15) is 5.75 Å². The molecule has 0 N–H and O–H groups in total. The van der Waals surface area contributed by atoms with E-state index in [-0.39, 0.29) is 12.1 Å². The molecule has 4 rings (SSSR count). The first-order chi connectivity index (χ1) is 17.7. The van der Waals surface area contributed by atoms with Gasteiger partial charge in [0.25, 0.3) is 0 Å². The minimum atomic E-state index is -0.428. The molecule has 7 nitrogen and oxygen atoms in total. The van der Waals surface area contributed by atoms with Crippen LogP contribution in [0.1, 0.15) is 65.2 Å². The topological polar surface area (TPSA) is 86.7 Å². The molecule has 2 atom stereocenters. The number of carbonyl (C=O) groups is 1. The predicted molar refractivity (Wildman–Crippen MR) is 139 cm³/mol. The largest absolute Gasteiger partial charge is 0.477 e. The summed E-state index contributed by atoms with van der Waals surface area (Å²) < 4.78 is 16.5. The SMILES string of the molecule is CCCCCCCCOc1cnc(-c2ccc(-c3ccc(OC(=O)[C@@H]4O[C@@H]4CCC)cc3)nc2)cn1. The smallest absolute Gasteiger partial charge is 0.343 e. The zero-order valence-electron chi connectivity index (χ0n) is 21.2. The van der Waals surface area contributed by atoms with Crippen LogP contribution in [-0.2, 0) is 9.53 Å². The zero-order chi connectivity index (χ0) is 25.2. The highest BCUT2D eigenvalue weighted by molar-refractivity contribution is 5.80. The fraction of sp³-hybridized carbons (Fsp3) is 0.448. The van der Waals surface area contributed by atoms with E-state index in [1.54, 1.807) is 30.7 Å². The molecular formula is C29H35N3O4. The Morgan fingerprint density at radius 1 is 0.806 bits per heavy atom. The monoisotopic (exact) mass is 489 g/mol. The summed E-state index contributed by atoms with van der Waals surface area (Å²) in [6.45, 7) is 4.96. The number of aromatic nitrogens is 3. The molecule has 0 saturated carbocycles. The molecular weight excluding hydrogens is 454 g/mol. The van der Waals surface area contributed by atoms with Crippen LogP contribution in [0.4, 0.5) is 0 Å². The number of benzene rings is 1. The molecule has 0 radical (unpaired) electrons. The molecule has 36 heavy (non-hydrogen) atoms. The molecule has 1 saturated heterocycles. The maximum absolute atomic E-state index is 12.1. The van der Waals surface area contributed by atoms with Crippen LogP contribution < -0.4 is 9.47 Å². The summed E-state index contributed by atoms with van der Waals surface area (Å²) >= 11 is 0. The van der Waals surface area contributed by atoms with Crippen LogP contribution in [0, 0.1) is 0 Å². The Labute approximate surface area is 213 Å². The molecule has 3 heterocycles. The van der Waals surface area contributed by atoms with Crippen LogP contribution in [-0.4, -0.2) is 39.7 Å². The van der Waals surface area contributed by atoms with E-state index < -0.39 is 6.10 Å². The van der Waals surface area contributed by atoms with E-state index in [4.69, 9.17) is 14.2 Å². The number of hydrogen-bond acceptors (Lipinski definition) is 7. The van der Waals surface area contributed by atoms with E-state index in [0.717, 1.165) is 41.8 Å². The molecule has 3 aromatic rings. The maximum atomic E-state index is 12.1. The molecule has 190 valence electrons. The summed E-state index contributed by atoms with van der Waals surface area (Å²) in [5, 5.41) is 0. The molecule has 0 bridgehead atoms. The number of epoxide rings is 1. The van der Waals surface area contributed by atoms with Crippen molar-refractivity contribution >= 4 is 5.97 Å². The van der Waals surface area contributed by atoms with Crippen molar-refractivity contribution in [2.75, 3.05) is 6.61 Å². The van der Waals surface area contributed by atoms with E-state index in [1.807, 2.05) is 24.3 Å². The van der Waals surface area contributed by atoms with E-state index in [9.17, 15) is 4.79 Å². The van der Waals surface area contributed by atoms with Gasteiger partial charge in [-0.3, -0.25) is 4.98 Å². The Hall–Kier alpha value is -3.32. The highest BCUT2D eigenvalue weighted by atomic mass is 16.6. The lowest BCUT2D eigenvalue weighted by atomic mass is 10.1. The van der Waals surface area contributed by atoms with Crippen LogP contribution >= 0.6 is 0 Å². The van der Waals surface area contributed by atoms with Gasteiger partial charge in [0.2, 0.25) is 5.88 Å².